The van der Waals surface area contributed by atoms with Gasteiger partial charge in [0.15, 0.2) is 0 Å². The van der Waals surface area contributed by atoms with Crippen LogP contribution in [0.4, 0.5) is 4.39 Å². The minimum absolute atomic E-state index is 0.371. The maximum Gasteiger partial charge on any atom is 0.115 e. The molecule has 0 aromatic heterocycles. The van der Waals surface area contributed by atoms with Crippen molar-refractivity contribution in [2.24, 2.45) is 0 Å². The standard InChI is InChI=1S/C14H11F/c15-9-10-5-6-14-12(7-10)8-11-3-1-2-4-13(11)14/h1-7H,8-9H2. The van der Waals surface area contributed by atoms with Crippen molar-refractivity contribution < 1.29 is 4.39 Å². The van der Waals surface area contributed by atoms with Gasteiger partial charge < -0.3 is 0 Å². The van der Waals surface area contributed by atoms with Gasteiger partial charge in [0.25, 0.3) is 0 Å². The quantitative estimate of drug-likeness (QED) is 0.559. The molecule has 15 heavy (non-hydrogen) atoms. The van der Waals surface area contributed by atoms with Gasteiger partial charge in [-0.1, -0.05) is 42.5 Å². The Morgan fingerprint density at radius 3 is 2.60 bits per heavy atom. The molecule has 0 saturated heterocycles. The van der Waals surface area contributed by atoms with Gasteiger partial charge >= 0.3 is 0 Å². The van der Waals surface area contributed by atoms with E-state index in [0.29, 0.717) is 0 Å². The molecule has 0 saturated carbocycles. The first kappa shape index (κ1) is 8.66. The predicted octanol–water partition coefficient (Wildman–Crippen LogP) is 3.73. The lowest BCUT2D eigenvalue weighted by molar-refractivity contribution is 0.485. The van der Waals surface area contributed by atoms with E-state index in [0.717, 1.165) is 12.0 Å². The van der Waals surface area contributed by atoms with Crippen molar-refractivity contribution in [3.8, 4) is 11.1 Å². The lowest BCUT2D eigenvalue weighted by atomic mass is 10.0. The summed E-state index contributed by atoms with van der Waals surface area (Å²) in [6.45, 7) is -0.371. The van der Waals surface area contributed by atoms with E-state index in [9.17, 15) is 4.39 Å². The Kier molecular flexibility index (Phi) is 1.84. The molecule has 1 aliphatic rings. The van der Waals surface area contributed by atoms with Gasteiger partial charge in [0.1, 0.15) is 6.67 Å². The van der Waals surface area contributed by atoms with Gasteiger partial charge in [0.2, 0.25) is 0 Å². The number of halogens is 1. The average molecular weight is 198 g/mol. The van der Waals surface area contributed by atoms with Gasteiger partial charge in [-0.2, -0.15) is 0 Å². The largest absolute Gasteiger partial charge is 0.246 e. The molecule has 0 unspecified atom stereocenters. The zero-order chi connectivity index (χ0) is 10.3. The highest BCUT2D eigenvalue weighted by Crippen LogP contribution is 2.36. The number of hydrogen-bond acceptors (Lipinski definition) is 0. The van der Waals surface area contributed by atoms with Crippen molar-refractivity contribution in [2.45, 2.75) is 13.1 Å². The summed E-state index contributed by atoms with van der Waals surface area (Å²) in [7, 11) is 0. The van der Waals surface area contributed by atoms with Crippen LogP contribution in [0, 0.1) is 0 Å². The highest BCUT2D eigenvalue weighted by molar-refractivity contribution is 5.76. The SMILES string of the molecule is FCc1ccc2c(c1)Cc1ccccc1-2. The first-order chi connectivity index (χ1) is 7.38. The molecular weight excluding hydrogens is 187 g/mol. The van der Waals surface area contributed by atoms with E-state index in [2.05, 4.69) is 24.3 Å². The molecule has 0 radical (unpaired) electrons. The Balaban J connectivity index is 2.18. The maximum absolute atomic E-state index is 12.5. The Bertz CT molecular complexity index is 514. The highest BCUT2D eigenvalue weighted by atomic mass is 19.1. The number of rotatable bonds is 1. The van der Waals surface area contributed by atoms with Crippen LogP contribution in [0.15, 0.2) is 42.5 Å². The summed E-state index contributed by atoms with van der Waals surface area (Å²) in [6.07, 6.45) is 0.944. The van der Waals surface area contributed by atoms with Gasteiger partial charge in [-0.05, 0) is 34.2 Å². The number of hydrogen-bond donors (Lipinski definition) is 0. The van der Waals surface area contributed by atoms with Gasteiger partial charge in [-0.3, -0.25) is 0 Å². The van der Waals surface area contributed by atoms with Crippen LogP contribution in [0.3, 0.4) is 0 Å². The number of benzene rings is 2. The summed E-state index contributed by atoms with van der Waals surface area (Å²) < 4.78 is 12.5. The van der Waals surface area contributed by atoms with E-state index >= 15 is 0 Å². The van der Waals surface area contributed by atoms with Crippen LogP contribution in [0.2, 0.25) is 0 Å². The second kappa shape index (κ2) is 3.20. The molecule has 0 atom stereocenters. The molecule has 0 spiro atoms. The third kappa shape index (κ3) is 1.27. The summed E-state index contributed by atoms with van der Waals surface area (Å²) in [4.78, 5) is 0. The van der Waals surface area contributed by atoms with Gasteiger partial charge in [-0.25, -0.2) is 4.39 Å². The zero-order valence-electron chi connectivity index (χ0n) is 8.33. The number of alkyl halides is 1. The molecule has 0 bridgehead atoms. The molecule has 0 N–H and O–H groups in total. The van der Waals surface area contributed by atoms with Crippen LogP contribution in [0.1, 0.15) is 16.7 Å². The van der Waals surface area contributed by atoms with E-state index in [1.807, 2.05) is 18.2 Å². The molecule has 0 aliphatic heterocycles. The number of fused-ring (bicyclic) bond motifs is 3. The second-order valence-electron chi connectivity index (χ2n) is 3.96. The van der Waals surface area contributed by atoms with E-state index in [-0.39, 0.29) is 6.67 Å². The zero-order valence-corrected chi connectivity index (χ0v) is 8.33. The van der Waals surface area contributed by atoms with E-state index < -0.39 is 0 Å². The Labute approximate surface area is 88.4 Å². The summed E-state index contributed by atoms with van der Waals surface area (Å²) in [5.74, 6) is 0. The Morgan fingerprint density at radius 2 is 1.73 bits per heavy atom. The second-order valence-corrected chi connectivity index (χ2v) is 3.96. The third-order valence-corrected chi connectivity index (χ3v) is 3.01. The maximum atomic E-state index is 12.5. The van der Waals surface area contributed by atoms with E-state index in [1.165, 1.54) is 22.3 Å². The summed E-state index contributed by atoms with van der Waals surface area (Å²) >= 11 is 0. The highest BCUT2D eigenvalue weighted by Gasteiger charge is 2.17. The topological polar surface area (TPSA) is 0 Å². The normalized spacial score (nSPS) is 12.3. The first-order valence-electron chi connectivity index (χ1n) is 5.14. The van der Waals surface area contributed by atoms with Crippen molar-refractivity contribution in [1.29, 1.82) is 0 Å². The van der Waals surface area contributed by atoms with Crippen LogP contribution < -0.4 is 0 Å². The van der Waals surface area contributed by atoms with Gasteiger partial charge in [0, 0.05) is 0 Å². The third-order valence-electron chi connectivity index (χ3n) is 3.01. The summed E-state index contributed by atoms with van der Waals surface area (Å²) in [5, 5.41) is 0. The van der Waals surface area contributed by atoms with E-state index in [1.54, 1.807) is 0 Å². The minimum Gasteiger partial charge on any atom is -0.246 e. The molecule has 1 heteroatoms. The van der Waals surface area contributed by atoms with Crippen LogP contribution in [-0.2, 0) is 13.1 Å². The van der Waals surface area contributed by atoms with Crippen LogP contribution >= 0.6 is 0 Å². The van der Waals surface area contributed by atoms with Crippen LogP contribution in [-0.4, -0.2) is 0 Å². The molecule has 0 nitrogen and oxygen atoms in total. The van der Waals surface area contributed by atoms with Crippen LogP contribution in [0.25, 0.3) is 11.1 Å². The molecule has 2 aromatic carbocycles. The van der Waals surface area contributed by atoms with Crippen LogP contribution in [0.5, 0.6) is 0 Å². The Morgan fingerprint density at radius 1 is 0.933 bits per heavy atom. The monoisotopic (exact) mass is 198 g/mol. The first-order valence-corrected chi connectivity index (χ1v) is 5.14. The van der Waals surface area contributed by atoms with E-state index in [4.69, 9.17) is 0 Å². The fourth-order valence-corrected chi connectivity index (χ4v) is 2.28. The van der Waals surface area contributed by atoms with Crippen molar-refractivity contribution in [3.63, 3.8) is 0 Å². The van der Waals surface area contributed by atoms with Crippen molar-refractivity contribution in [3.05, 3.63) is 59.2 Å². The van der Waals surface area contributed by atoms with Crippen molar-refractivity contribution >= 4 is 0 Å². The molecular formula is C14H11F. The fourth-order valence-electron chi connectivity index (χ4n) is 2.28. The molecule has 0 heterocycles. The van der Waals surface area contributed by atoms with Crippen molar-refractivity contribution in [2.75, 3.05) is 0 Å². The molecule has 2 aromatic rings. The predicted molar refractivity (Wildman–Crippen MR) is 59.5 cm³/mol. The van der Waals surface area contributed by atoms with Gasteiger partial charge in [0.05, 0.1) is 0 Å². The summed E-state index contributed by atoms with van der Waals surface area (Å²) in [6, 6.07) is 14.3. The lowest BCUT2D eigenvalue weighted by Gasteiger charge is -2.01. The minimum atomic E-state index is -0.371. The fraction of sp³-hybridized carbons (Fsp3) is 0.143. The molecule has 74 valence electrons. The molecule has 1 aliphatic carbocycles. The molecule has 0 fully saturated rings. The summed E-state index contributed by atoms with van der Waals surface area (Å²) in [5.41, 5.74) is 5.96. The van der Waals surface area contributed by atoms with Gasteiger partial charge in [-0.15, -0.1) is 0 Å². The Hall–Kier alpha value is -1.63. The smallest absolute Gasteiger partial charge is 0.115 e. The molecule has 0 amide bonds. The van der Waals surface area contributed by atoms with Crippen molar-refractivity contribution in [1.82, 2.24) is 0 Å². The lowest BCUT2D eigenvalue weighted by Crippen LogP contribution is -1.84. The molecule has 3 rings (SSSR count). The average Bonchev–Trinajstić information content (AvgIpc) is 2.66.